The molecule has 0 atom stereocenters. The van der Waals surface area contributed by atoms with Crippen LogP contribution in [0, 0.1) is 5.41 Å². The molecule has 1 aliphatic rings. The topological polar surface area (TPSA) is 30.3 Å². The molecular weight excluding hydrogens is 150 g/mol. The van der Waals surface area contributed by atoms with Crippen LogP contribution < -0.4 is 0 Å². The predicted molar refractivity (Wildman–Crippen MR) is 51.5 cm³/mol. The van der Waals surface area contributed by atoms with E-state index in [2.05, 4.69) is 23.6 Å². The number of guanidine groups is 1. The highest BCUT2D eigenvalue weighted by molar-refractivity contribution is 5.77. The van der Waals surface area contributed by atoms with Crippen LogP contribution in [0.4, 0.5) is 0 Å². The van der Waals surface area contributed by atoms with Crippen molar-refractivity contribution in [1.82, 2.24) is 9.80 Å². The van der Waals surface area contributed by atoms with Crippen molar-refractivity contribution in [3.8, 4) is 0 Å². The van der Waals surface area contributed by atoms with Crippen molar-refractivity contribution in [3.05, 3.63) is 0 Å². The van der Waals surface area contributed by atoms with Gasteiger partial charge in [-0.05, 0) is 26.7 Å². The first kappa shape index (κ1) is 9.36. The van der Waals surface area contributed by atoms with Crippen LogP contribution in [0.2, 0.25) is 0 Å². The lowest BCUT2D eigenvalue weighted by Crippen LogP contribution is -2.42. The van der Waals surface area contributed by atoms with Gasteiger partial charge in [-0.1, -0.05) is 0 Å². The van der Waals surface area contributed by atoms with Crippen molar-refractivity contribution < 1.29 is 0 Å². The molecule has 1 saturated heterocycles. The largest absolute Gasteiger partial charge is 0.344 e. The van der Waals surface area contributed by atoms with Gasteiger partial charge in [-0.2, -0.15) is 0 Å². The van der Waals surface area contributed by atoms with Gasteiger partial charge in [0.2, 0.25) is 0 Å². The van der Waals surface area contributed by atoms with Crippen LogP contribution in [-0.2, 0) is 0 Å². The smallest absolute Gasteiger partial charge is 0.193 e. The minimum absolute atomic E-state index is 0.720. The van der Waals surface area contributed by atoms with Gasteiger partial charge in [0.1, 0.15) is 0 Å². The van der Waals surface area contributed by atoms with E-state index in [0.717, 1.165) is 32.1 Å². The molecule has 0 aromatic rings. The Labute approximate surface area is 74.9 Å². The molecule has 0 spiro atoms. The first-order chi connectivity index (χ1) is 5.79. The maximum Gasteiger partial charge on any atom is 0.193 e. The molecule has 0 aliphatic carbocycles. The molecule has 1 N–H and O–H groups in total. The molecule has 70 valence electrons. The molecule has 0 saturated carbocycles. The minimum atomic E-state index is 0.720. The standard InChI is InChI=1S/C9H19N3/c1-3-11(4-2)9(10)12-7-5-6-8-12/h10H,3-8H2,1-2H3. The molecule has 12 heavy (non-hydrogen) atoms. The Hall–Kier alpha value is -0.730. The van der Waals surface area contributed by atoms with Crippen LogP contribution in [0.25, 0.3) is 0 Å². The summed E-state index contributed by atoms with van der Waals surface area (Å²) >= 11 is 0. The highest BCUT2D eigenvalue weighted by Crippen LogP contribution is 2.09. The van der Waals surface area contributed by atoms with Gasteiger partial charge in [0.25, 0.3) is 0 Å². The second-order valence-electron chi connectivity index (χ2n) is 3.19. The Kier molecular flexibility index (Phi) is 3.38. The van der Waals surface area contributed by atoms with Crippen molar-refractivity contribution in [3.63, 3.8) is 0 Å². The zero-order valence-electron chi connectivity index (χ0n) is 8.14. The van der Waals surface area contributed by atoms with E-state index in [-0.39, 0.29) is 0 Å². The molecule has 1 heterocycles. The average Bonchev–Trinajstić information content (AvgIpc) is 2.58. The SMILES string of the molecule is CCN(CC)C(=N)N1CCCC1. The normalized spacial score (nSPS) is 16.7. The highest BCUT2D eigenvalue weighted by Gasteiger charge is 2.17. The van der Waals surface area contributed by atoms with Gasteiger partial charge >= 0.3 is 0 Å². The summed E-state index contributed by atoms with van der Waals surface area (Å²) in [6, 6.07) is 0. The number of hydrogen-bond acceptors (Lipinski definition) is 1. The molecule has 0 unspecified atom stereocenters. The number of likely N-dealkylation sites (tertiary alicyclic amines) is 1. The van der Waals surface area contributed by atoms with Crippen LogP contribution in [0.15, 0.2) is 0 Å². The molecule has 0 aromatic carbocycles. The number of rotatable bonds is 2. The Morgan fingerprint density at radius 1 is 1.25 bits per heavy atom. The van der Waals surface area contributed by atoms with Gasteiger partial charge < -0.3 is 9.80 Å². The van der Waals surface area contributed by atoms with Crippen molar-refractivity contribution >= 4 is 5.96 Å². The molecule has 0 radical (unpaired) electrons. The Balaban J connectivity index is 2.43. The fourth-order valence-electron chi connectivity index (χ4n) is 1.65. The second kappa shape index (κ2) is 4.33. The van der Waals surface area contributed by atoms with Crippen molar-refractivity contribution in [1.29, 1.82) is 5.41 Å². The van der Waals surface area contributed by atoms with Crippen molar-refractivity contribution in [2.45, 2.75) is 26.7 Å². The van der Waals surface area contributed by atoms with Gasteiger partial charge in [-0.25, -0.2) is 0 Å². The molecule has 3 nitrogen and oxygen atoms in total. The third kappa shape index (κ3) is 1.90. The first-order valence-corrected chi connectivity index (χ1v) is 4.88. The molecule has 0 amide bonds. The summed E-state index contributed by atoms with van der Waals surface area (Å²) in [4.78, 5) is 4.28. The fraction of sp³-hybridized carbons (Fsp3) is 0.889. The summed E-state index contributed by atoms with van der Waals surface area (Å²) in [6.07, 6.45) is 2.51. The number of nitrogens with zero attached hydrogens (tertiary/aromatic N) is 2. The quantitative estimate of drug-likeness (QED) is 0.500. The van der Waals surface area contributed by atoms with Crippen LogP contribution in [0.3, 0.4) is 0 Å². The van der Waals surface area contributed by atoms with Crippen LogP contribution in [0.5, 0.6) is 0 Å². The van der Waals surface area contributed by atoms with E-state index in [9.17, 15) is 0 Å². The fourth-order valence-corrected chi connectivity index (χ4v) is 1.65. The van der Waals surface area contributed by atoms with Crippen LogP contribution >= 0.6 is 0 Å². The predicted octanol–water partition coefficient (Wildman–Crippen LogP) is 1.36. The summed E-state index contributed by atoms with van der Waals surface area (Å²) in [6.45, 7) is 8.27. The van der Waals surface area contributed by atoms with Crippen LogP contribution in [0.1, 0.15) is 26.7 Å². The maximum atomic E-state index is 7.90. The lowest BCUT2D eigenvalue weighted by Gasteiger charge is -2.28. The van der Waals surface area contributed by atoms with E-state index in [0.29, 0.717) is 0 Å². The van der Waals surface area contributed by atoms with E-state index >= 15 is 0 Å². The number of hydrogen-bond donors (Lipinski definition) is 1. The monoisotopic (exact) mass is 169 g/mol. The second-order valence-corrected chi connectivity index (χ2v) is 3.19. The molecule has 1 rings (SSSR count). The summed E-state index contributed by atoms with van der Waals surface area (Å²) < 4.78 is 0. The van der Waals surface area contributed by atoms with Gasteiger partial charge in [-0.15, -0.1) is 0 Å². The van der Waals surface area contributed by atoms with Gasteiger partial charge in [-0.3, -0.25) is 5.41 Å². The van der Waals surface area contributed by atoms with Gasteiger partial charge in [0, 0.05) is 26.2 Å². The lowest BCUT2D eigenvalue weighted by molar-refractivity contribution is 0.366. The zero-order valence-corrected chi connectivity index (χ0v) is 8.14. The molecule has 1 fully saturated rings. The summed E-state index contributed by atoms with van der Waals surface area (Å²) in [5, 5.41) is 7.90. The molecule has 0 bridgehead atoms. The molecule has 0 aromatic heterocycles. The van der Waals surface area contributed by atoms with E-state index < -0.39 is 0 Å². The van der Waals surface area contributed by atoms with Gasteiger partial charge in [0.15, 0.2) is 5.96 Å². The van der Waals surface area contributed by atoms with Crippen LogP contribution in [-0.4, -0.2) is 41.9 Å². The zero-order chi connectivity index (χ0) is 8.97. The Bertz CT molecular complexity index is 142. The summed E-state index contributed by atoms with van der Waals surface area (Å²) in [5.74, 6) is 0.720. The Morgan fingerprint density at radius 3 is 2.17 bits per heavy atom. The van der Waals surface area contributed by atoms with E-state index in [1.807, 2.05) is 0 Å². The van der Waals surface area contributed by atoms with E-state index in [4.69, 9.17) is 5.41 Å². The molecule has 3 heteroatoms. The number of nitrogens with one attached hydrogen (secondary N) is 1. The summed E-state index contributed by atoms with van der Waals surface area (Å²) in [5.41, 5.74) is 0. The first-order valence-electron chi connectivity index (χ1n) is 4.88. The molecule has 1 aliphatic heterocycles. The summed E-state index contributed by atoms with van der Waals surface area (Å²) in [7, 11) is 0. The highest BCUT2D eigenvalue weighted by atomic mass is 15.4. The third-order valence-corrected chi connectivity index (χ3v) is 2.47. The van der Waals surface area contributed by atoms with Gasteiger partial charge in [0.05, 0.1) is 0 Å². The Morgan fingerprint density at radius 2 is 1.75 bits per heavy atom. The third-order valence-electron chi connectivity index (χ3n) is 2.47. The minimum Gasteiger partial charge on any atom is -0.344 e. The van der Waals surface area contributed by atoms with E-state index in [1.165, 1.54) is 12.8 Å². The average molecular weight is 169 g/mol. The lowest BCUT2D eigenvalue weighted by atomic mass is 10.4. The van der Waals surface area contributed by atoms with Crippen molar-refractivity contribution in [2.24, 2.45) is 0 Å². The maximum absolute atomic E-state index is 7.90. The van der Waals surface area contributed by atoms with Crippen molar-refractivity contribution in [2.75, 3.05) is 26.2 Å². The molecular formula is C9H19N3. The van der Waals surface area contributed by atoms with E-state index in [1.54, 1.807) is 0 Å².